The van der Waals surface area contributed by atoms with E-state index >= 15 is 0 Å². The largest absolute Gasteiger partial charge is 0.380 e. The molecule has 21 heavy (non-hydrogen) atoms. The summed E-state index contributed by atoms with van der Waals surface area (Å²) in [6.07, 6.45) is 6.88. The molecule has 1 aliphatic rings. The van der Waals surface area contributed by atoms with Gasteiger partial charge in [0.25, 0.3) is 0 Å². The second-order valence-corrected chi connectivity index (χ2v) is 6.21. The van der Waals surface area contributed by atoms with Crippen molar-refractivity contribution in [2.45, 2.75) is 45.6 Å². The van der Waals surface area contributed by atoms with Gasteiger partial charge in [0.05, 0.1) is 11.4 Å². The number of hydrogen-bond donors (Lipinski definition) is 1. The highest BCUT2D eigenvalue weighted by Gasteiger charge is 2.27. The first-order valence-electron chi connectivity index (χ1n) is 7.84. The average Bonchev–Trinajstić information content (AvgIpc) is 3.02. The molecule has 1 fully saturated rings. The fourth-order valence-corrected chi connectivity index (χ4v) is 3.40. The van der Waals surface area contributed by atoms with Crippen LogP contribution in [0.1, 0.15) is 39.5 Å². The van der Waals surface area contributed by atoms with Crippen LogP contribution in [-0.2, 0) is 0 Å². The van der Waals surface area contributed by atoms with Gasteiger partial charge in [0, 0.05) is 6.04 Å². The number of benzene rings is 1. The van der Waals surface area contributed by atoms with Gasteiger partial charge in [-0.25, -0.2) is 0 Å². The lowest BCUT2D eigenvalue weighted by molar-refractivity contribution is 0.254. The maximum atomic E-state index is 4.01. The Morgan fingerprint density at radius 1 is 1.19 bits per heavy atom. The summed E-state index contributed by atoms with van der Waals surface area (Å²) in [7, 11) is 0. The molecule has 1 heterocycles. The van der Waals surface area contributed by atoms with Crippen molar-refractivity contribution in [2.75, 3.05) is 5.32 Å². The van der Waals surface area contributed by atoms with Gasteiger partial charge >= 0.3 is 0 Å². The van der Waals surface area contributed by atoms with Crippen LogP contribution in [0.15, 0.2) is 30.6 Å². The molecule has 0 spiro atoms. The zero-order chi connectivity index (χ0) is 14.7. The molecule has 0 amide bonds. The van der Waals surface area contributed by atoms with Gasteiger partial charge < -0.3 is 5.32 Å². The first kappa shape index (κ1) is 14.0. The van der Waals surface area contributed by atoms with Crippen molar-refractivity contribution < 1.29 is 0 Å². The lowest BCUT2D eigenvalue weighted by Gasteiger charge is -2.36. The van der Waals surface area contributed by atoms with Crippen LogP contribution in [0.4, 0.5) is 5.69 Å². The predicted octanol–water partition coefficient (Wildman–Crippen LogP) is 3.29. The molecule has 0 aliphatic heterocycles. The molecule has 1 aliphatic carbocycles. The number of nitrogens with zero attached hydrogens (tertiary/aromatic N) is 4. The Hall–Kier alpha value is -1.91. The number of anilines is 1. The molecule has 5 nitrogen and oxygen atoms in total. The predicted molar refractivity (Wildman–Crippen MR) is 83.4 cm³/mol. The SMILES string of the molecule is CC(C)C1CCCCC1Nc1ccccc1-n1cnnn1. The first-order chi connectivity index (χ1) is 10.3. The highest BCUT2D eigenvalue weighted by Crippen LogP contribution is 2.33. The lowest BCUT2D eigenvalue weighted by Crippen LogP contribution is -2.35. The molecule has 0 bridgehead atoms. The molecule has 2 atom stereocenters. The summed E-state index contributed by atoms with van der Waals surface area (Å²) >= 11 is 0. The normalized spacial score (nSPS) is 22.4. The molecule has 5 heteroatoms. The molecule has 3 rings (SSSR count). The molecular formula is C16H23N5. The van der Waals surface area contributed by atoms with E-state index in [1.807, 2.05) is 12.1 Å². The van der Waals surface area contributed by atoms with E-state index in [0.29, 0.717) is 12.0 Å². The molecule has 1 aromatic heterocycles. The number of rotatable bonds is 4. The van der Waals surface area contributed by atoms with Gasteiger partial charge in [0.1, 0.15) is 6.33 Å². The highest BCUT2D eigenvalue weighted by molar-refractivity contribution is 5.60. The molecule has 0 radical (unpaired) electrons. The minimum atomic E-state index is 0.538. The fourth-order valence-electron chi connectivity index (χ4n) is 3.40. The Morgan fingerprint density at radius 2 is 2.00 bits per heavy atom. The van der Waals surface area contributed by atoms with Gasteiger partial charge in [-0.15, -0.1) is 5.10 Å². The fraction of sp³-hybridized carbons (Fsp3) is 0.562. The number of para-hydroxylation sites is 2. The van der Waals surface area contributed by atoms with Crippen molar-refractivity contribution in [3.63, 3.8) is 0 Å². The van der Waals surface area contributed by atoms with Gasteiger partial charge in [-0.1, -0.05) is 38.8 Å². The molecule has 1 N–H and O–H groups in total. The van der Waals surface area contributed by atoms with Gasteiger partial charge in [-0.05, 0) is 47.2 Å². The second kappa shape index (κ2) is 6.24. The lowest BCUT2D eigenvalue weighted by atomic mass is 9.77. The van der Waals surface area contributed by atoms with Crippen molar-refractivity contribution in [2.24, 2.45) is 11.8 Å². The molecule has 1 saturated carbocycles. The van der Waals surface area contributed by atoms with Gasteiger partial charge in [0.2, 0.25) is 0 Å². The van der Waals surface area contributed by atoms with Crippen LogP contribution in [0.2, 0.25) is 0 Å². The van der Waals surface area contributed by atoms with Gasteiger partial charge in [-0.3, -0.25) is 0 Å². The van der Waals surface area contributed by atoms with E-state index in [0.717, 1.165) is 17.3 Å². The molecule has 1 aromatic carbocycles. The summed E-state index contributed by atoms with van der Waals surface area (Å²) in [4.78, 5) is 0. The van der Waals surface area contributed by atoms with E-state index in [-0.39, 0.29) is 0 Å². The monoisotopic (exact) mass is 285 g/mol. The van der Waals surface area contributed by atoms with Crippen LogP contribution in [-0.4, -0.2) is 26.2 Å². The smallest absolute Gasteiger partial charge is 0.143 e. The van der Waals surface area contributed by atoms with Crippen LogP contribution in [0.3, 0.4) is 0 Å². The van der Waals surface area contributed by atoms with Gasteiger partial charge in [0.15, 0.2) is 0 Å². The van der Waals surface area contributed by atoms with E-state index in [4.69, 9.17) is 0 Å². The number of nitrogens with one attached hydrogen (secondary N) is 1. The standard InChI is InChI=1S/C16H23N5/c1-12(2)13-7-3-4-8-14(13)18-15-9-5-6-10-16(15)21-11-17-19-20-21/h5-6,9-14,18H,3-4,7-8H2,1-2H3. The highest BCUT2D eigenvalue weighted by atomic mass is 15.5. The summed E-state index contributed by atoms with van der Waals surface area (Å²) in [5, 5.41) is 15.2. The summed E-state index contributed by atoms with van der Waals surface area (Å²) < 4.78 is 1.72. The Labute approximate surface area is 125 Å². The summed E-state index contributed by atoms with van der Waals surface area (Å²) in [6.45, 7) is 4.66. The third kappa shape index (κ3) is 3.06. The second-order valence-electron chi connectivity index (χ2n) is 6.21. The van der Waals surface area contributed by atoms with Gasteiger partial charge in [-0.2, -0.15) is 4.68 Å². The zero-order valence-electron chi connectivity index (χ0n) is 12.7. The number of aromatic nitrogens is 4. The van der Waals surface area contributed by atoms with E-state index in [2.05, 4.69) is 46.8 Å². The van der Waals surface area contributed by atoms with Crippen molar-refractivity contribution in [1.82, 2.24) is 20.2 Å². The quantitative estimate of drug-likeness (QED) is 0.936. The number of hydrogen-bond acceptors (Lipinski definition) is 4. The van der Waals surface area contributed by atoms with Crippen molar-refractivity contribution >= 4 is 5.69 Å². The van der Waals surface area contributed by atoms with E-state index < -0.39 is 0 Å². The zero-order valence-corrected chi connectivity index (χ0v) is 12.7. The van der Waals surface area contributed by atoms with Crippen molar-refractivity contribution in [1.29, 1.82) is 0 Å². The van der Waals surface area contributed by atoms with E-state index in [1.54, 1.807) is 11.0 Å². The Morgan fingerprint density at radius 3 is 2.76 bits per heavy atom. The molecule has 0 saturated heterocycles. The van der Waals surface area contributed by atoms with Crippen LogP contribution in [0.5, 0.6) is 0 Å². The minimum absolute atomic E-state index is 0.538. The maximum Gasteiger partial charge on any atom is 0.143 e. The Kier molecular flexibility index (Phi) is 4.18. The van der Waals surface area contributed by atoms with Crippen LogP contribution < -0.4 is 5.32 Å². The van der Waals surface area contributed by atoms with Crippen molar-refractivity contribution in [3.05, 3.63) is 30.6 Å². The van der Waals surface area contributed by atoms with Crippen LogP contribution in [0.25, 0.3) is 5.69 Å². The molecule has 2 aromatic rings. The Balaban J connectivity index is 1.84. The first-order valence-corrected chi connectivity index (χ1v) is 7.84. The number of tetrazole rings is 1. The van der Waals surface area contributed by atoms with E-state index in [1.165, 1.54) is 25.7 Å². The molecule has 112 valence electrons. The van der Waals surface area contributed by atoms with Crippen molar-refractivity contribution in [3.8, 4) is 5.69 Å². The third-order valence-electron chi connectivity index (χ3n) is 4.52. The summed E-state index contributed by atoms with van der Waals surface area (Å²) in [6, 6.07) is 8.78. The molecular weight excluding hydrogens is 262 g/mol. The summed E-state index contributed by atoms with van der Waals surface area (Å²) in [5.41, 5.74) is 2.12. The molecule has 2 unspecified atom stereocenters. The minimum Gasteiger partial charge on any atom is -0.380 e. The topological polar surface area (TPSA) is 55.6 Å². The van der Waals surface area contributed by atoms with Crippen LogP contribution in [0, 0.1) is 11.8 Å². The third-order valence-corrected chi connectivity index (χ3v) is 4.52. The van der Waals surface area contributed by atoms with Crippen LogP contribution >= 0.6 is 0 Å². The Bertz CT molecular complexity index is 564. The van der Waals surface area contributed by atoms with E-state index in [9.17, 15) is 0 Å². The average molecular weight is 285 g/mol. The summed E-state index contributed by atoms with van der Waals surface area (Å²) in [5.74, 6) is 1.45. The maximum absolute atomic E-state index is 4.01.